The molecular formula is C10H9BrS. The second-order valence-electron chi connectivity index (χ2n) is 2.54. The molecule has 12 heavy (non-hydrogen) atoms. The molecule has 0 fully saturated rings. The Balaban J connectivity index is 2.39. The van der Waals surface area contributed by atoms with Gasteiger partial charge in [0.1, 0.15) is 0 Å². The smallest absolute Gasteiger partial charge is 0.0299 e. The van der Waals surface area contributed by atoms with E-state index in [4.69, 9.17) is 0 Å². The van der Waals surface area contributed by atoms with E-state index in [0.29, 0.717) is 0 Å². The highest BCUT2D eigenvalue weighted by Crippen LogP contribution is 2.45. The lowest BCUT2D eigenvalue weighted by molar-refractivity contribution is 1.41. The fourth-order valence-electron chi connectivity index (χ4n) is 1.16. The normalized spacial score (nSPS) is 17.2. The Labute approximate surface area is 83.5 Å². The molecule has 0 N–H and O–H groups in total. The SMILES string of the molecule is Brc1ccccc1[SH]1C=CC=C1. The van der Waals surface area contributed by atoms with Crippen LogP contribution < -0.4 is 0 Å². The van der Waals surface area contributed by atoms with Crippen molar-refractivity contribution in [3.63, 3.8) is 0 Å². The Bertz CT molecular complexity index is 329. The maximum absolute atomic E-state index is 3.55. The molecule has 1 aromatic carbocycles. The monoisotopic (exact) mass is 240 g/mol. The molecule has 0 aliphatic carbocycles. The molecule has 0 bridgehead atoms. The maximum Gasteiger partial charge on any atom is 0.0299 e. The van der Waals surface area contributed by atoms with E-state index in [9.17, 15) is 0 Å². The number of benzene rings is 1. The van der Waals surface area contributed by atoms with Crippen LogP contribution in [-0.4, -0.2) is 0 Å². The second-order valence-corrected chi connectivity index (χ2v) is 5.29. The third-order valence-electron chi connectivity index (χ3n) is 1.74. The maximum atomic E-state index is 3.55. The van der Waals surface area contributed by atoms with Gasteiger partial charge in [-0.3, -0.25) is 0 Å². The largest absolute Gasteiger partial charge is 0.185 e. The molecule has 2 heteroatoms. The summed E-state index contributed by atoms with van der Waals surface area (Å²) in [6.07, 6.45) is 4.23. The van der Waals surface area contributed by atoms with Gasteiger partial charge in [0, 0.05) is 9.37 Å². The van der Waals surface area contributed by atoms with Crippen LogP contribution in [0.5, 0.6) is 0 Å². The van der Waals surface area contributed by atoms with Crippen LogP contribution in [0.4, 0.5) is 0 Å². The Morgan fingerprint density at radius 1 is 1.00 bits per heavy atom. The molecule has 1 heterocycles. The molecule has 2 rings (SSSR count). The van der Waals surface area contributed by atoms with Crippen molar-refractivity contribution in [1.82, 2.24) is 0 Å². The third-order valence-corrected chi connectivity index (χ3v) is 4.67. The third kappa shape index (κ3) is 1.50. The summed E-state index contributed by atoms with van der Waals surface area (Å²) in [4.78, 5) is 1.40. The molecule has 1 aromatic rings. The quantitative estimate of drug-likeness (QED) is 0.709. The van der Waals surface area contributed by atoms with Crippen molar-refractivity contribution in [2.24, 2.45) is 0 Å². The van der Waals surface area contributed by atoms with Gasteiger partial charge in [-0.1, -0.05) is 24.3 Å². The zero-order valence-electron chi connectivity index (χ0n) is 6.44. The van der Waals surface area contributed by atoms with Crippen LogP contribution in [-0.2, 0) is 0 Å². The van der Waals surface area contributed by atoms with E-state index < -0.39 is 0 Å². The van der Waals surface area contributed by atoms with E-state index in [1.165, 1.54) is 9.37 Å². The Morgan fingerprint density at radius 2 is 1.67 bits per heavy atom. The summed E-state index contributed by atoms with van der Waals surface area (Å²) in [6.45, 7) is 0. The van der Waals surface area contributed by atoms with Crippen LogP contribution >= 0.6 is 26.8 Å². The van der Waals surface area contributed by atoms with Crippen molar-refractivity contribution < 1.29 is 0 Å². The van der Waals surface area contributed by atoms with E-state index in [2.05, 4.69) is 57.1 Å². The molecular weight excluding hydrogens is 232 g/mol. The summed E-state index contributed by atoms with van der Waals surface area (Å²) in [5.74, 6) is 0. The lowest BCUT2D eigenvalue weighted by Crippen LogP contribution is -1.75. The molecule has 0 radical (unpaired) electrons. The minimum absolute atomic E-state index is 0.169. The number of halogens is 1. The number of hydrogen-bond acceptors (Lipinski definition) is 0. The molecule has 0 saturated heterocycles. The molecule has 1 aliphatic heterocycles. The summed E-state index contributed by atoms with van der Waals surface area (Å²) in [5.41, 5.74) is 0. The number of allylic oxidation sites excluding steroid dienone is 2. The average Bonchev–Trinajstić information content (AvgIpc) is 2.57. The zero-order valence-corrected chi connectivity index (χ0v) is 8.92. The van der Waals surface area contributed by atoms with Gasteiger partial charge in [-0.05, 0) is 38.9 Å². The lowest BCUT2D eigenvalue weighted by atomic mass is 10.4. The number of thiol groups is 1. The van der Waals surface area contributed by atoms with Crippen LogP contribution in [0.15, 0.2) is 56.6 Å². The first-order valence-electron chi connectivity index (χ1n) is 3.76. The molecule has 62 valence electrons. The van der Waals surface area contributed by atoms with Crippen molar-refractivity contribution in [1.29, 1.82) is 0 Å². The molecule has 1 aliphatic rings. The number of rotatable bonds is 1. The Kier molecular flexibility index (Phi) is 2.38. The average molecular weight is 241 g/mol. The van der Waals surface area contributed by atoms with E-state index >= 15 is 0 Å². The van der Waals surface area contributed by atoms with Crippen LogP contribution in [0, 0.1) is 0 Å². The molecule has 0 atom stereocenters. The highest BCUT2D eigenvalue weighted by molar-refractivity contribution is 9.10. The topological polar surface area (TPSA) is 0 Å². The fourth-order valence-corrected chi connectivity index (χ4v) is 3.62. The van der Waals surface area contributed by atoms with Crippen LogP contribution in [0.1, 0.15) is 0 Å². The van der Waals surface area contributed by atoms with Gasteiger partial charge in [0.25, 0.3) is 0 Å². The second kappa shape index (κ2) is 3.50. The summed E-state index contributed by atoms with van der Waals surface area (Å²) >= 11 is 3.55. The zero-order chi connectivity index (χ0) is 8.39. The first kappa shape index (κ1) is 8.14. The predicted molar refractivity (Wildman–Crippen MR) is 59.7 cm³/mol. The van der Waals surface area contributed by atoms with Gasteiger partial charge in [-0.2, -0.15) is 10.9 Å². The van der Waals surface area contributed by atoms with Crippen molar-refractivity contribution in [3.05, 3.63) is 51.7 Å². The summed E-state index contributed by atoms with van der Waals surface area (Å²) in [5, 5.41) is 4.52. The molecule has 0 amide bonds. The van der Waals surface area contributed by atoms with Crippen molar-refractivity contribution in [2.45, 2.75) is 4.90 Å². The Morgan fingerprint density at radius 3 is 2.33 bits per heavy atom. The van der Waals surface area contributed by atoms with Crippen LogP contribution in [0.3, 0.4) is 0 Å². The van der Waals surface area contributed by atoms with E-state index in [0.717, 1.165) is 0 Å². The van der Waals surface area contributed by atoms with Gasteiger partial charge >= 0.3 is 0 Å². The number of hydrogen-bond donors (Lipinski definition) is 1. The highest BCUT2D eigenvalue weighted by atomic mass is 79.9. The molecule has 0 nitrogen and oxygen atoms in total. The van der Waals surface area contributed by atoms with Gasteiger partial charge in [0.2, 0.25) is 0 Å². The first-order valence-corrected chi connectivity index (χ1v) is 6.03. The summed E-state index contributed by atoms with van der Waals surface area (Å²) in [7, 11) is -0.169. The molecule has 0 aromatic heterocycles. The molecule has 0 saturated carbocycles. The minimum Gasteiger partial charge on any atom is -0.185 e. The van der Waals surface area contributed by atoms with Crippen molar-refractivity contribution >= 4 is 26.8 Å². The minimum atomic E-state index is -0.169. The van der Waals surface area contributed by atoms with Crippen molar-refractivity contribution in [2.75, 3.05) is 0 Å². The fraction of sp³-hybridized carbons (Fsp3) is 0. The lowest BCUT2D eigenvalue weighted by Gasteiger charge is -2.11. The van der Waals surface area contributed by atoms with E-state index in [1.54, 1.807) is 0 Å². The highest BCUT2D eigenvalue weighted by Gasteiger charge is 2.05. The molecule has 0 spiro atoms. The van der Waals surface area contributed by atoms with E-state index in [-0.39, 0.29) is 10.9 Å². The van der Waals surface area contributed by atoms with Gasteiger partial charge < -0.3 is 0 Å². The standard InChI is InChI=1S/C10H9BrS/c11-9-5-1-2-6-10(9)12-7-3-4-8-12/h1-8,12H. The van der Waals surface area contributed by atoms with Gasteiger partial charge in [-0.25, -0.2) is 0 Å². The van der Waals surface area contributed by atoms with Crippen LogP contribution in [0.2, 0.25) is 0 Å². The van der Waals surface area contributed by atoms with Gasteiger partial charge in [0.05, 0.1) is 0 Å². The summed E-state index contributed by atoms with van der Waals surface area (Å²) in [6, 6.07) is 8.41. The Hall–Kier alpha value is -0.470. The summed E-state index contributed by atoms with van der Waals surface area (Å²) < 4.78 is 1.22. The predicted octanol–water partition coefficient (Wildman–Crippen LogP) is 3.85. The molecule has 0 unspecified atom stereocenters. The van der Waals surface area contributed by atoms with E-state index in [1.807, 2.05) is 6.07 Å². The van der Waals surface area contributed by atoms with Crippen molar-refractivity contribution in [3.8, 4) is 0 Å². The van der Waals surface area contributed by atoms with Gasteiger partial charge in [0.15, 0.2) is 0 Å². The first-order chi connectivity index (χ1) is 5.88. The van der Waals surface area contributed by atoms with Gasteiger partial charge in [-0.15, -0.1) is 0 Å². The van der Waals surface area contributed by atoms with Crippen LogP contribution in [0.25, 0.3) is 0 Å².